The van der Waals surface area contributed by atoms with Crippen LogP contribution in [-0.2, 0) is 4.79 Å². The quantitative estimate of drug-likeness (QED) is 0.860. The van der Waals surface area contributed by atoms with E-state index in [2.05, 4.69) is 10.6 Å². The lowest BCUT2D eigenvalue weighted by molar-refractivity contribution is -0.121. The van der Waals surface area contributed by atoms with Crippen molar-refractivity contribution in [2.24, 2.45) is 0 Å². The maximum Gasteiger partial charge on any atom is 0.252 e. The smallest absolute Gasteiger partial charge is 0.252 e. The number of hydrogen-bond acceptors (Lipinski definition) is 3. The molecule has 1 heterocycles. The molecule has 0 aliphatic heterocycles. The number of nitrogens with one attached hydrogen (secondary N) is 2. The van der Waals surface area contributed by atoms with E-state index in [-0.39, 0.29) is 36.6 Å². The number of carbonyl (C=O) groups excluding carboxylic acids is 2. The fourth-order valence-electron chi connectivity index (χ4n) is 1.93. The van der Waals surface area contributed by atoms with E-state index in [1.54, 1.807) is 23.6 Å². The SMILES string of the molecule is CC(NC(=O)CCNC(=O)c1ccsc1)c1ccc(F)cc1. The molecule has 0 fully saturated rings. The van der Waals surface area contributed by atoms with Crippen LogP contribution in [-0.4, -0.2) is 18.4 Å². The number of rotatable bonds is 6. The molecule has 1 unspecified atom stereocenters. The average molecular weight is 320 g/mol. The summed E-state index contributed by atoms with van der Waals surface area (Å²) in [5, 5.41) is 9.09. The Morgan fingerprint density at radius 1 is 1.23 bits per heavy atom. The zero-order valence-electron chi connectivity index (χ0n) is 12.1. The summed E-state index contributed by atoms with van der Waals surface area (Å²) < 4.78 is 12.8. The maximum atomic E-state index is 12.8. The lowest BCUT2D eigenvalue weighted by Crippen LogP contribution is -2.31. The van der Waals surface area contributed by atoms with Gasteiger partial charge in [0.05, 0.1) is 6.04 Å². The van der Waals surface area contributed by atoms with Gasteiger partial charge in [-0.25, -0.2) is 4.39 Å². The van der Waals surface area contributed by atoms with Crippen molar-refractivity contribution in [3.63, 3.8) is 0 Å². The summed E-state index contributed by atoms with van der Waals surface area (Å²) in [4.78, 5) is 23.5. The molecule has 2 aromatic rings. The predicted molar refractivity (Wildman–Crippen MR) is 84.2 cm³/mol. The van der Waals surface area contributed by atoms with Crippen molar-refractivity contribution in [1.82, 2.24) is 10.6 Å². The molecule has 0 saturated carbocycles. The van der Waals surface area contributed by atoms with Crippen LogP contribution in [0, 0.1) is 5.82 Å². The Kier molecular flexibility index (Phi) is 5.66. The van der Waals surface area contributed by atoms with Crippen molar-refractivity contribution in [3.8, 4) is 0 Å². The van der Waals surface area contributed by atoms with Gasteiger partial charge in [-0.3, -0.25) is 9.59 Å². The van der Waals surface area contributed by atoms with Crippen LogP contribution in [0.25, 0.3) is 0 Å². The highest BCUT2D eigenvalue weighted by Gasteiger charge is 2.10. The van der Waals surface area contributed by atoms with Crippen LogP contribution < -0.4 is 10.6 Å². The van der Waals surface area contributed by atoms with Crippen LogP contribution >= 0.6 is 11.3 Å². The van der Waals surface area contributed by atoms with E-state index in [1.807, 2.05) is 12.3 Å². The van der Waals surface area contributed by atoms with Crippen molar-refractivity contribution >= 4 is 23.2 Å². The molecule has 0 aliphatic carbocycles. The topological polar surface area (TPSA) is 58.2 Å². The van der Waals surface area contributed by atoms with Gasteiger partial charge in [-0.2, -0.15) is 11.3 Å². The van der Waals surface area contributed by atoms with E-state index >= 15 is 0 Å². The summed E-state index contributed by atoms with van der Waals surface area (Å²) in [6, 6.07) is 7.52. The van der Waals surface area contributed by atoms with Gasteiger partial charge in [-0.05, 0) is 36.1 Å². The second-order valence-corrected chi connectivity index (χ2v) is 5.64. The molecule has 22 heavy (non-hydrogen) atoms. The van der Waals surface area contributed by atoms with Crippen molar-refractivity contribution in [3.05, 3.63) is 58.0 Å². The van der Waals surface area contributed by atoms with Gasteiger partial charge >= 0.3 is 0 Å². The van der Waals surface area contributed by atoms with Crippen LogP contribution in [0.3, 0.4) is 0 Å². The minimum atomic E-state index is -0.307. The van der Waals surface area contributed by atoms with Gasteiger partial charge in [0.25, 0.3) is 5.91 Å². The van der Waals surface area contributed by atoms with Gasteiger partial charge in [0.1, 0.15) is 5.82 Å². The molecule has 116 valence electrons. The predicted octanol–water partition coefficient (Wildman–Crippen LogP) is 2.88. The number of carbonyl (C=O) groups is 2. The van der Waals surface area contributed by atoms with Crippen molar-refractivity contribution in [1.29, 1.82) is 0 Å². The van der Waals surface area contributed by atoms with Crippen molar-refractivity contribution in [2.75, 3.05) is 6.54 Å². The Hall–Kier alpha value is -2.21. The number of amides is 2. The highest BCUT2D eigenvalue weighted by molar-refractivity contribution is 7.08. The molecule has 0 saturated heterocycles. The Balaban J connectivity index is 1.73. The fraction of sp³-hybridized carbons (Fsp3) is 0.250. The molecule has 1 atom stereocenters. The Labute approximate surface area is 132 Å². The third-order valence-corrected chi connectivity index (χ3v) is 3.85. The molecule has 6 heteroatoms. The minimum Gasteiger partial charge on any atom is -0.351 e. The zero-order valence-corrected chi connectivity index (χ0v) is 13.0. The third-order valence-electron chi connectivity index (χ3n) is 3.17. The van der Waals surface area contributed by atoms with E-state index in [9.17, 15) is 14.0 Å². The molecular weight excluding hydrogens is 303 g/mol. The van der Waals surface area contributed by atoms with Crippen LogP contribution in [0.5, 0.6) is 0 Å². The molecule has 0 radical (unpaired) electrons. The molecule has 2 amide bonds. The first kappa shape index (κ1) is 16.2. The number of halogens is 1. The highest BCUT2D eigenvalue weighted by Crippen LogP contribution is 2.12. The fourth-order valence-corrected chi connectivity index (χ4v) is 2.57. The van der Waals surface area contributed by atoms with Crippen LogP contribution in [0.4, 0.5) is 4.39 Å². The van der Waals surface area contributed by atoms with Gasteiger partial charge in [0.15, 0.2) is 0 Å². The van der Waals surface area contributed by atoms with Crippen molar-refractivity contribution in [2.45, 2.75) is 19.4 Å². The summed E-state index contributed by atoms with van der Waals surface area (Å²) >= 11 is 1.45. The molecule has 1 aromatic heterocycles. The maximum absolute atomic E-state index is 12.8. The van der Waals surface area contributed by atoms with E-state index in [4.69, 9.17) is 0 Å². The van der Waals surface area contributed by atoms with Gasteiger partial charge in [0, 0.05) is 23.9 Å². The van der Waals surface area contributed by atoms with Gasteiger partial charge < -0.3 is 10.6 Å². The zero-order chi connectivity index (χ0) is 15.9. The Morgan fingerprint density at radius 3 is 2.59 bits per heavy atom. The van der Waals surface area contributed by atoms with E-state index in [0.717, 1.165) is 5.56 Å². The molecule has 2 N–H and O–H groups in total. The molecule has 2 rings (SSSR count). The largest absolute Gasteiger partial charge is 0.351 e. The summed E-state index contributed by atoms with van der Waals surface area (Å²) in [6.07, 6.45) is 0.196. The van der Waals surface area contributed by atoms with Gasteiger partial charge in [0.2, 0.25) is 5.91 Å². The van der Waals surface area contributed by atoms with Crippen LogP contribution in [0.1, 0.15) is 35.3 Å². The number of hydrogen-bond donors (Lipinski definition) is 2. The van der Waals surface area contributed by atoms with Crippen LogP contribution in [0.15, 0.2) is 41.1 Å². The molecule has 0 bridgehead atoms. The summed E-state index contributed by atoms with van der Waals surface area (Å²) in [7, 11) is 0. The van der Waals surface area contributed by atoms with E-state index < -0.39 is 0 Å². The molecule has 0 spiro atoms. The van der Waals surface area contributed by atoms with Gasteiger partial charge in [-0.1, -0.05) is 12.1 Å². The second kappa shape index (κ2) is 7.70. The average Bonchev–Trinajstić information content (AvgIpc) is 3.02. The number of thiophene rings is 1. The monoisotopic (exact) mass is 320 g/mol. The Morgan fingerprint density at radius 2 is 1.95 bits per heavy atom. The highest BCUT2D eigenvalue weighted by atomic mass is 32.1. The first-order chi connectivity index (χ1) is 10.6. The molecule has 0 aliphatic rings. The second-order valence-electron chi connectivity index (χ2n) is 4.86. The van der Waals surface area contributed by atoms with Crippen molar-refractivity contribution < 1.29 is 14.0 Å². The lowest BCUT2D eigenvalue weighted by Gasteiger charge is -2.14. The van der Waals surface area contributed by atoms with E-state index in [0.29, 0.717) is 5.56 Å². The normalized spacial score (nSPS) is 11.7. The minimum absolute atomic E-state index is 0.164. The summed E-state index contributed by atoms with van der Waals surface area (Å²) in [6.45, 7) is 2.10. The molecular formula is C16H17FN2O2S. The van der Waals surface area contributed by atoms with E-state index in [1.165, 1.54) is 23.5 Å². The summed E-state index contributed by atoms with van der Waals surface area (Å²) in [5.41, 5.74) is 1.43. The summed E-state index contributed by atoms with van der Waals surface area (Å²) in [5.74, 6) is -0.651. The first-order valence-corrected chi connectivity index (χ1v) is 7.86. The van der Waals surface area contributed by atoms with Gasteiger partial charge in [-0.15, -0.1) is 0 Å². The standard InChI is InChI=1S/C16H17FN2O2S/c1-11(12-2-4-14(17)5-3-12)19-15(20)6-8-18-16(21)13-7-9-22-10-13/h2-5,7,9-11H,6,8H2,1H3,(H,18,21)(H,19,20). The molecule has 1 aromatic carbocycles. The lowest BCUT2D eigenvalue weighted by atomic mass is 10.1. The van der Waals surface area contributed by atoms with Crippen LogP contribution in [0.2, 0.25) is 0 Å². The first-order valence-electron chi connectivity index (χ1n) is 6.91. The Bertz CT molecular complexity index is 626. The molecule has 4 nitrogen and oxygen atoms in total. The number of benzene rings is 1. The third kappa shape index (κ3) is 4.66.